The van der Waals surface area contributed by atoms with Crippen LogP contribution in [0.2, 0.25) is 0 Å². The van der Waals surface area contributed by atoms with Gasteiger partial charge in [-0.3, -0.25) is 0 Å². The summed E-state index contributed by atoms with van der Waals surface area (Å²) in [5.41, 5.74) is 0.348. The maximum atomic E-state index is 11.6. The van der Waals surface area contributed by atoms with Gasteiger partial charge in [-0.25, -0.2) is 9.59 Å². The Kier molecular flexibility index (Phi) is 6.55. The Morgan fingerprint density at radius 2 is 1.71 bits per heavy atom. The molecule has 0 bridgehead atoms. The quantitative estimate of drug-likeness (QED) is 0.848. The van der Waals surface area contributed by atoms with Crippen LogP contribution in [0, 0.1) is 0 Å². The van der Waals surface area contributed by atoms with E-state index in [4.69, 9.17) is 9.29 Å². The Balaban J connectivity index is 0.00000256. The van der Waals surface area contributed by atoms with E-state index >= 15 is 0 Å². The molecular formula is C11H16CaO4S. The van der Waals surface area contributed by atoms with Gasteiger partial charge in [0.1, 0.15) is 0 Å². The van der Waals surface area contributed by atoms with Gasteiger partial charge in [-0.1, -0.05) is 16.4 Å². The molecule has 0 radical (unpaired) electrons. The van der Waals surface area contributed by atoms with Gasteiger partial charge in [0, 0.05) is 0 Å². The van der Waals surface area contributed by atoms with E-state index in [9.17, 15) is 9.59 Å². The zero-order chi connectivity index (χ0) is 12.3. The number of carbonyl (C=O) groups is 2. The molecule has 92 valence electrons. The first-order valence-electron chi connectivity index (χ1n) is 4.55. The Hall–Kier alpha value is -0.230. The van der Waals surface area contributed by atoms with Crippen LogP contribution in [0.25, 0.3) is 0 Å². The normalized spacial score (nSPS) is 11.2. The number of hydrogen-bond donors (Lipinski definition) is 1. The second-order valence-corrected chi connectivity index (χ2v) is 7.60. The van der Waals surface area contributed by atoms with Gasteiger partial charge < -0.3 is 9.29 Å². The predicted molar refractivity (Wildman–Crippen MR) is 72.7 cm³/mol. The van der Waals surface area contributed by atoms with Crippen molar-refractivity contribution in [1.82, 2.24) is 0 Å². The Bertz CT molecular complexity index is 426. The first-order chi connectivity index (χ1) is 7.29. The second kappa shape index (κ2) is 6.64. The summed E-state index contributed by atoms with van der Waals surface area (Å²) in [7, 11) is -1.40. The number of benzene rings is 1. The van der Waals surface area contributed by atoms with Crippen molar-refractivity contribution in [1.29, 1.82) is 0 Å². The topological polar surface area (TPSA) is 63.6 Å². The summed E-state index contributed by atoms with van der Waals surface area (Å²) in [5.74, 6) is -1.54. The molecule has 0 aliphatic carbocycles. The number of carboxylic acid groups (broad SMARTS) is 1. The number of hydrogen-bond acceptors (Lipinski definition) is 3. The van der Waals surface area contributed by atoms with Crippen molar-refractivity contribution in [3.63, 3.8) is 0 Å². The van der Waals surface area contributed by atoms with E-state index in [-0.39, 0.29) is 48.9 Å². The summed E-state index contributed by atoms with van der Waals surface area (Å²) in [6.45, 7) is 0. The fraction of sp³-hybridized carbons (Fsp3) is 0.273. The summed E-state index contributed by atoms with van der Waals surface area (Å²) in [6.07, 6.45) is 5.52. The van der Waals surface area contributed by atoms with Crippen molar-refractivity contribution in [2.45, 2.75) is 0 Å². The van der Waals surface area contributed by atoms with E-state index < -0.39 is 22.2 Å². The van der Waals surface area contributed by atoms with Gasteiger partial charge in [0.05, 0.1) is 11.1 Å². The van der Waals surface area contributed by atoms with Crippen molar-refractivity contribution in [3.8, 4) is 0 Å². The molecule has 1 N–H and O–H groups in total. The standard InChI is InChI=1S/C11H14O4S.Ca.2H/c1-16(2,3)15-11(14)9-6-4-5-8(7-9)10(12)13;;;/h4-7H,1-3H3,(H,12,13);;;. The van der Waals surface area contributed by atoms with E-state index in [1.54, 1.807) is 6.07 Å². The molecule has 0 unspecified atom stereocenters. The molecule has 0 aliphatic heterocycles. The van der Waals surface area contributed by atoms with Crippen molar-refractivity contribution < 1.29 is 18.9 Å². The molecular weight excluding hydrogens is 268 g/mol. The summed E-state index contributed by atoms with van der Waals surface area (Å²) in [6, 6.07) is 5.82. The SMILES string of the molecule is CS(C)(C)OC(=O)c1cccc(C(=O)O)c1.[CaH2]. The average molecular weight is 284 g/mol. The first kappa shape index (κ1) is 16.8. The van der Waals surface area contributed by atoms with E-state index in [0.717, 1.165) is 0 Å². The summed E-state index contributed by atoms with van der Waals surface area (Å²) >= 11 is 0. The minimum absolute atomic E-state index is 0. The predicted octanol–water partition coefficient (Wildman–Crippen LogP) is 1.23. The summed E-state index contributed by atoms with van der Waals surface area (Å²) < 4.78 is 5.21. The maximum absolute atomic E-state index is 11.6. The van der Waals surface area contributed by atoms with Crippen LogP contribution in [0.4, 0.5) is 0 Å². The second-order valence-electron chi connectivity index (χ2n) is 3.98. The molecule has 17 heavy (non-hydrogen) atoms. The fourth-order valence-electron chi connectivity index (χ4n) is 1.05. The molecule has 0 fully saturated rings. The molecule has 1 aromatic carbocycles. The van der Waals surface area contributed by atoms with Crippen LogP contribution >= 0.6 is 10.3 Å². The summed E-state index contributed by atoms with van der Waals surface area (Å²) in [5, 5.41) is 8.78. The van der Waals surface area contributed by atoms with Crippen LogP contribution in [0.1, 0.15) is 20.7 Å². The third-order valence-electron chi connectivity index (χ3n) is 1.67. The van der Waals surface area contributed by atoms with Gasteiger partial charge in [0.25, 0.3) is 0 Å². The van der Waals surface area contributed by atoms with Gasteiger partial charge in [-0.15, -0.1) is 0 Å². The van der Waals surface area contributed by atoms with Gasteiger partial charge >= 0.3 is 49.7 Å². The van der Waals surface area contributed by atoms with Gasteiger partial charge in [0.15, 0.2) is 0 Å². The molecule has 4 nitrogen and oxygen atoms in total. The van der Waals surface area contributed by atoms with Crippen molar-refractivity contribution in [3.05, 3.63) is 35.4 Å². The van der Waals surface area contributed by atoms with Crippen molar-refractivity contribution >= 4 is 60.0 Å². The van der Waals surface area contributed by atoms with E-state index in [0.29, 0.717) is 0 Å². The van der Waals surface area contributed by atoms with Gasteiger partial charge in [0.2, 0.25) is 0 Å². The molecule has 0 spiro atoms. The van der Waals surface area contributed by atoms with Crippen LogP contribution in [-0.2, 0) is 4.18 Å². The monoisotopic (exact) mass is 284 g/mol. The average Bonchev–Trinajstić information content (AvgIpc) is 2.15. The fourth-order valence-corrected chi connectivity index (χ4v) is 1.60. The molecule has 0 heterocycles. The Morgan fingerprint density at radius 1 is 1.18 bits per heavy atom. The molecule has 0 atom stereocenters. The third-order valence-corrected chi connectivity index (χ3v) is 2.32. The van der Waals surface area contributed by atoms with Gasteiger partial charge in [-0.05, 0) is 37.0 Å². The number of rotatable bonds is 3. The zero-order valence-electron chi connectivity index (χ0n) is 9.39. The molecule has 0 aromatic heterocycles. The van der Waals surface area contributed by atoms with E-state index in [2.05, 4.69) is 0 Å². The van der Waals surface area contributed by atoms with Crippen molar-refractivity contribution in [2.75, 3.05) is 18.8 Å². The minimum atomic E-state index is -1.40. The van der Waals surface area contributed by atoms with E-state index in [1.165, 1.54) is 18.2 Å². The van der Waals surface area contributed by atoms with Gasteiger partial charge in [-0.2, -0.15) is 0 Å². The van der Waals surface area contributed by atoms with Crippen LogP contribution in [0.5, 0.6) is 0 Å². The number of carboxylic acids is 1. The van der Waals surface area contributed by atoms with Crippen LogP contribution in [0.15, 0.2) is 24.3 Å². The molecule has 1 aromatic rings. The Labute approximate surface area is 132 Å². The van der Waals surface area contributed by atoms with E-state index in [1.807, 2.05) is 18.8 Å². The number of aromatic carboxylic acids is 1. The molecule has 1 rings (SSSR count). The van der Waals surface area contributed by atoms with Crippen LogP contribution in [-0.4, -0.2) is 73.6 Å². The molecule has 0 saturated heterocycles. The van der Waals surface area contributed by atoms with Crippen molar-refractivity contribution in [2.24, 2.45) is 0 Å². The number of carbonyl (C=O) groups excluding carboxylic acids is 1. The molecule has 0 saturated carbocycles. The third kappa shape index (κ3) is 5.77. The summed E-state index contributed by atoms with van der Waals surface area (Å²) in [4.78, 5) is 22.4. The zero-order valence-corrected chi connectivity index (χ0v) is 10.2. The van der Waals surface area contributed by atoms with Crippen LogP contribution < -0.4 is 0 Å². The molecule has 6 heteroatoms. The Morgan fingerprint density at radius 3 is 2.18 bits per heavy atom. The first-order valence-corrected chi connectivity index (χ1v) is 7.33. The molecule has 0 aliphatic rings. The van der Waals surface area contributed by atoms with Crippen LogP contribution in [0.3, 0.4) is 0 Å². The molecule has 0 amide bonds.